The molecule has 1 N–H and O–H groups in total. The second kappa shape index (κ2) is 6.13. The van der Waals surface area contributed by atoms with E-state index < -0.39 is 17.9 Å². The molecule has 0 saturated carbocycles. The Morgan fingerprint density at radius 2 is 2.19 bits per heavy atom. The van der Waals surface area contributed by atoms with E-state index in [0.717, 1.165) is 5.56 Å². The highest BCUT2D eigenvalue weighted by molar-refractivity contribution is 5.77. The number of urea groups is 1. The van der Waals surface area contributed by atoms with Gasteiger partial charge in [-0.2, -0.15) is 5.10 Å². The number of carbonyl (C=O) groups is 2. The maximum Gasteiger partial charge on any atom is 0.320 e. The van der Waals surface area contributed by atoms with Crippen LogP contribution in [0, 0.1) is 5.92 Å². The summed E-state index contributed by atoms with van der Waals surface area (Å²) < 4.78 is 6.87. The zero-order valence-electron chi connectivity index (χ0n) is 12.4. The van der Waals surface area contributed by atoms with Crippen LogP contribution < -0.4 is 0 Å². The molecule has 1 aliphatic rings. The van der Waals surface area contributed by atoms with Gasteiger partial charge in [0.25, 0.3) is 0 Å². The molecule has 8 heteroatoms. The molecule has 0 aliphatic carbocycles. The molecule has 0 aromatic carbocycles. The van der Waals surface area contributed by atoms with E-state index in [1.54, 1.807) is 25.0 Å². The smallest absolute Gasteiger partial charge is 0.320 e. The van der Waals surface area contributed by atoms with Crippen molar-refractivity contribution in [1.82, 2.24) is 19.6 Å². The van der Waals surface area contributed by atoms with E-state index in [2.05, 4.69) is 5.10 Å². The number of aryl methyl sites for hydroxylation is 1. The minimum absolute atomic E-state index is 0.143. The number of nitrogens with zero attached hydrogens (tertiary/aromatic N) is 4. The van der Waals surface area contributed by atoms with Crippen molar-refractivity contribution in [2.75, 3.05) is 27.3 Å². The topological polar surface area (TPSA) is 87.9 Å². The quantitative estimate of drug-likeness (QED) is 0.845. The first kappa shape index (κ1) is 15.3. The van der Waals surface area contributed by atoms with Crippen molar-refractivity contribution in [1.29, 1.82) is 0 Å². The molecule has 1 saturated heterocycles. The Hall–Kier alpha value is -2.09. The van der Waals surface area contributed by atoms with Crippen LogP contribution >= 0.6 is 0 Å². The van der Waals surface area contributed by atoms with E-state index in [1.165, 1.54) is 9.80 Å². The van der Waals surface area contributed by atoms with Crippen LogP contribution in [0.3, 0.4) is 0 Å². The van der Waals surface area contributed by atoms with Crippen LogP contribution in [0.2, 0.25) is 0 Å². The highest BCUT2D eigenvalue weighted by Gasteiger charge is 2.39. The summed E-state index contributed by atoms with van der Waals surface area (Å²) in [6.07, 6.45) is 3.53. The molecule has 2 atom stereocenters. The third kappa shape index (κ3) is 3.33. The molecule has 0 spiro atoms. The highest BCUT2D eigenvalue weighted by Crippen LogP contribution is 2.20. The molecular formula is C13H20N4O4. The molecule has 8 nitrogen and oxygen atoms in total. The number of carboxylic acid groups (broad SMARTS) is 1. The van der Waals surface area contributed by atoms with Gasteiger partial charge in [0.1, 0.15) is 5.92 Å². The van der Waals surface area contributed by atoms with Gasteiger partial charge in [-0.15, -0.1) is 0 Å². The predicted octanol–water partition coefficient (Wildman–Crippen LogP) is 0.00330. The Bertz CT molecular complexity index is 530. The first-order chi connectivity index (χ1) is 9.90. The molecule has 2 heterocycles. The van der Waals surface area contributed by atoms with Crippen LogP contribution in [-0.4, -0.2) is 70.0 Å². The number of carboxylic acids is 1. The van der Waals surface area contributed by atoms with Gasteiger partial charge in [-0.1, -0.05) is 0 Å². The zero-order valence-corrected chi connectivity index (χ0v) is 12.4. The first-order valence-electron chi connectivity index (χ1n) is 6.66. The van der Waals surface area contributed by atoms with Gasteiger partial charge in [0.15, 0.2) is 0 Å². The molecule has 2 amide bonds. The maximum absolute atomic E-state index is 12.4. The van der Waals surface area contributed by atoms with Crippen LogP contribution in [-0.2, 0) is 23.1 Å². The molecular weight excluding hydrogens is 276 g/mol. The highest BCUT2D eigenvalue weighted by atomic mass is 16.5. The fraction of sp³-hybridized carbons (Fsp3) is 0.615. The molecule has 0 bridgehead atoms. The summed E-state index contributed by atoms with van der Waals surface area (Å²) in [6, 6.07) is -0.674. The molecule has 1 aromatic heterocycles. The number of likely N-dealkylation sites (N-methyl/N-ethyl adjacent to an activating group) is 1. The van der Waals surface area contributed by atoms with E-state index >= 15 is 0 Å². The molecule has 1 fully saturated rings. The van der Waals surface area contributed by atoms with Gasteiger partial charge in [-0.25, -0.2) is 4.79 Å². The van der Waals surface area contributed by atoms with Crippen molar-refractivity contribution in [2.24, 2.45) is 13.0 Å². The lowest BCUT2D eigenvalue weighted by Gasteiger charge is -2.30. The van der Waals surface area contributed by atoms with Gasteiger partial charge in [0.05, 0.1) is 32.0 Å². The van der Waals surface area contributed by atoms with Crippen LogP contribution in [0.5, 0.6) is 0 Å². The van der Waals surface area contributed by atoms with E-state index in [-0.39, 0.29) is 19.2 Å². The Morgan fingerprint density at radius 1 is 1.48 bits per heavy atom. The number of amides is 2. The average molecular weight is 296 g/mol. The second-order valence-corrected chi connectivity index (χ2v) is 5.32. The van der Waals surface area contributed by atoms with Crippen LogP contribution in [0.4, 0.5) is 4.79 Å². The van der Waals surface area contributed by atoms with E-state index in [9.17, 15) is 9.59 Å². The summed E-state index contributed by atoms with van der Waals surface area (Å²) in [5.74, 6) is -1.61. The minimum Gasteiger partial charge on any atom is -0.481 e. The van der Waals surface area contributed by atoms with Gasteiger partial charge >= 0.3 is 12.0 Å². The summed E-state index contributed by atoms with van der Waals surface area (Å²) in [4.78, 5) is 26.5. The normalized spacial score (nSPS) is 21.3. The summed E-state index contributed by atoms with van der Waals surface area (Å²) in [6.45, 7) is 0.812. The Balaban J connectivity index is 1.99. The predicted molar refractivity (Wildman–Crippen MR) is 73.6 cm³/mol. The van der Waals surface area contributed by atoms with Crippen molar-refractivity contribution in [3.63, 3.8) is 0 Å². The van der Waals surface area contributed by atoms with Gasteiger partial charge in [-0.3, -0.25) is 9.48 Å². The summed E-state index contributed by atoms with van der Waals surface area (Å²) >= 11 is 0. The number of carbonyl (C=O) groups excluding carboxylic acids is 1. The molecule has 1 aliphatic heterocycles. The maximum atomic E-state index is 12.4. The van der Waals surface area contributed by atoms with Crippen molar-refractivity contribution in [2.45, 2.75) is 12.6 Å². The largest absolute Gasteiger partial charge is 0.481 e. The fourth-order valence-corrected chi connectivity index (χ4v) is 2.47. The number of hydrogen-bond acceptors (Lipinski definition) is 4. The third-order valence-electron chi connectivity index (χ3n) is 3.67. The lowest BCUT2D eigenvalue weighted by molar-refractivity contribution is -0.142. The molecule has 2 unspecified atom stereocenters. The van der Waals surface area contributed by atoms with Crippen LogP contribution in [0.1, 0.15) is 5.56 Å². The van der Waals surface area contributed by atoms with E-state index in [0.29, 0.717) is 6.54 Å². The summed E-state index contributed by atoms with van der Waals surface area (Å²) in [5.41, 5.74) is 0.916. The van der Waals surface area contributed by atoms with Gasteiger partial charge in [-0.05, 0) is 0 Å². The Morgan fingerprint density at radius 3 is 2.76 bits per heavy atom. The van der Waals surface area contributed by atoms with E-state index in [4.69, 9.17) is 9.84 Å². The van der Waals surface area contributed by atoms with E-state index in [1.807, 2.05) is 13.2 Å². The lowest BCUT2D eigenvalue weighted by atomic mass is 10.0. The average Bonchev–Trinajstić information content (AvgIpc) is 3.05. The number of aromatic nitrogens is 2. The minimum atomic E-state index is -0.938. The number of hydrogen-bond donors (Lipinski definition) is 1. The van der Waals surface area contributed by atoms with Crippen molar-refractivity contribution in [3.8, 4) is 0 Å². The van der Waals surface area contributed by atoms with Crippen molar-refractivity contribution >= 4 is 12.0 Å². The van der Waals surface area contributed by atoms with Crippen molar-refractivity contribution in [3.05, 3.63) is 18.0 Å². The monoisotopic (exact) mass is 296 g/mol. The fourth-order valence-electron chi connectivity index (χ4n) is 2.47. The molecule has 0 radical (unpaired) electrons. The van der Waals surface area contributed by atoms with Crippen LogP contribution in [0.25, 0.3) is 0 Å². The molecule has 21 heavy (non-hydrogen) atoms. The lowest BCUT2D eigenvalue weighted by Crippen LogP contribution is -2.48. The third-order valence-corrected chi connectivity index (χ3v) is 3.67. The Kier molecular flexibility index (Phi) is 4.46. The first-order valence-corrected chi connectivity index (χ1v) is 6.66. The second-order valence-electron chi connectivity index (χ2n) is 5.32. The van der Waals surface area contributed by atoms with Crippen molar-refractivity contribution < 1.29 is 19.4 Å². The summed E-state index contributed by atoms with van der Waals surface area (Å²) in [5, 5.41) is 13.2. The zero-order chi connectivity index (χ0) is 15.6. The molecule has 1 aromatic rings. The summed E-state index contributed by atoms with van der Waals surface area (Å²) in [7, 11) is 5.10. The Labute approximate surface area is 122 Å². The molecule has 2 rings (SSSR count). The van der Waals surface area contributed by atoms with Gasteiger partial charge in [0, 0.05) is 32.9 Å². The van der Waals surface area contributed by atoms with Gasteiger partial charge < -0.3 is 19.6 Å². The number of aliphatic carboxylic acids is 1. The van der Waals surface area contributed by atoms with Crippen LogP contribution in [0.15, 0.2) is 12.4 Å². The molecule has 116 valence electrons. The standard InChI is InChI=1S/C13H20N4O4/c1-15(5-9-4-14-16(2)6-9)13(20)17(3)11-8-21-7-10(11)12(18)19/h4,6,10-11H,5,7-8H2,1-3H3,(H,18,19). The number of ether oxygens (including phenoxy) is 1. The number of rotatable bonds is 4. The van der Waals surface area contributed by atoms with Gasteiger partial charge in [0.2, 0.25) is 0 Å². The SMILES string of the molecule is CN(Cc1cnn(C)c1)C(=O)N(C)C1COCC1C(=O)O.